The number of nitrogens with zero attached hydrogens (tertiary/aromatic N) is 3. The zero-order valence-electron chi connectivity index (χ0n) is 25.3. The predicted molar refractivity (Wildman–Crippen MR) is 157 cm³/mol. The molecule has 43 heavy (non-hydrogen) atoms. The molecule has 0 aliphatic heterocycles. The third kappa shape index (κ3) is 8.30. The Kier molecular flexibility index (Phi) is 9.37. The largest absolute Gasteiger partial charge is 0.480 e. The standard InChI is InChI=1S/C31H39N5O7/c1-17(2)26(30(40)41)34-28(39)24-16-32-29(42-24)21-9-7-8-20(14-21)22-15-23(27(38)33-18(3)19-10-11-19)36(35-22)13-12-25(37)43-31(4,5)6/h7-9,14-19,26H,10-13H2,1-6H3,(H,33,38)(H,34,39)(H,40,41). The topological polar surface area (TPSA) is 166 Å². The number of oxazole rings is 1. The number of esters is 1. The van der Waals surface area contributed by atoms with Crippen molar-refractivity contribution in [3.8, 4) is 22.7 Å². The molecule has 0 spiro atoms. The van der Waals surface area contributed by atoms with Crippen LogP contribution >= 0.6 is 0 Å². The summed E-state index contributed by atoms with van der Waals surface area (Å²) < 4.78 is 12.6. The summed E-state index contributed by atoms with van der Waals surface area (Å²) in [6, 6.07) is 7.71. The van der Waals surface area contributed by atoms with E-state index >= 15 is 0 Å². The lowest BCUT2D eigenvalue weighted by molar-refractivity contribution is -0.155. The number of carboxylic acids is 1. The normalized spacial score (nSPS) is 14.7. The van der Waals surface area contributed by atoms with E-state index in [1.807, 2.05) is 13.0 Å². The van der Waals surface area contributed by atoms with Gasteiger partial charge in [-0.1, -0.05) is 26.0 Å². The van der Waals surface area contributed by atoms with E-state index in [9.17, 15) is 24.3 Å². The molecule has 4 rings (SSSR count). The van der Waals surface area contributed by atoms with Gasteiger partial charge in [0.2, 0.25) is 11.7 Å². The summed E-state index contributed by atoms with van der Waals surface area (Å²) in [6.45, 7) is 10.9. The SMILES string of the molecule is CC(C)C(NC(=O)c1cnc(-c2cccc(-c3cc(C(=O)NC(C)C4CC4)n(CCC(=O)OC(C)(C)C)n3)c2)o1)C(=O)O. The fourth-order valence-corrected chi connectivity index (χ4v) is 4.55. The lowest BCUT2D eigenvalue weighted by atomic mass is 10.0. The Morgan fingerprint density at radius 3 is 2.40 bits per heavy atom. The number of benzene rings is 1. The number of amides is 2. The molecule has 12 nitrogen and oxygen atoms in total. The van der Waals surface area contributed by atoms with Crippen molar-refractivity contribution in [3.63, 3.8) is 0 Å². The molecule has 2 unspecified atom stereocenters. The summed E-state index contributed by atoms with van der Waals surface area (Å²) in [5, 5.41) is 19.5. The van der Waals surface area contributed by atoms with E-state index in [2.05, 4.69) is 20.7 Å². The van der Waals surface area contributed by atoms with Crippen LogP contribution in [0.15, 0.2) is 40.9 Å². The van der Waals surface area contributed by atoms with Crippen LogP contribution < -0.4 is 10.6 Å². The van der Waals surface area contributed by atoms with Crippen LogP contribution in [0.1, 0.15) is 81.8 Å². The Balaban J connectivity index is 1.57. The predicted octanol–water partition coefficient (Wildman–Crippen LogP) is 4.30. The molecule has 1 aromatic carbocycles. The van der Waals surface area contributed by atoms with Gasteiger partial charge >= 0.3 is 11.9 Å². The van der Waals surface area contributed by atoms with Crippen molar-refractivity contribution in [2.45, 2.75) is 85.0 Å². The van der Waals surface area contributed by atoms with Crippen LogP contribution in [0.25, 0.3) is 22.7 Å². The van der Waals surface area contributed by atoms with Gasteiger partial charge in [-0.3, -0.25) is 19.1 Å². The Bertz CT molecular complexity index is 1500. The molecule has 2 aromatic heterocycles. The van der Waals surface area contributed by atoms with Crippen molar-refractivity contribution < 1.29 is 33.4 Å². The number of hydrogen-bond donors (Lipinski definition) is 3. The van der Waals surface area contributed by atoms with E-state index in [1.54, 1.807) is 58.9 Å². The molecular weight excluding hydrogens is 554 g/mol. The molecule has 1 aliphatic rings. The van der Waals surface area contributed by atoms with Crippen LogP contribution in [-0.4, -0.2) is 61.3 Å². The van der Waals surface area contributed by atoms with Gasteiger partial charge in [0.25, 0.3) is 11.8 Å². The summed E-state index contributed by atoms with van der Waals surface area (Å²) in [4.78, 5) is 54.0. The molecule has 0 bridgehead atoms. The second-order valence-electron chi connectivity index (χ2n) is 12.2. The smallest absolute Gasteiger partial charge is 0.326 e. The number of hydrogen-bond acceptors (Lipinski definition) is 8. The van der Waals surface area contributed by atoms with Gasteiger partial charge in [-0.05, 0) is 70.6 Å². The van der Waals surface area contributed by atoms with E-state index in [-0.39, 0.29) is 42.5 Å². The van der Waals surface area contributed by atoms with Crippen LogP contribution in [0.3, 0.4) is 0 Å². The molecule has 12 heteroatoms. The highest BCUT2D eigenvalue weighted by Crippen LogP contribution is 2.32. The monoisotopic (exact) mass is 593 g/mol. The number of aryl methyl sites for hydroxylation is 1. The first kappa shape index (κ1) is 31.5. The van der Waals surface area contributed by atoms with Crippen molar-refractivity contribution in [1.82, 2.24) is 25.4 Å². The van der Waals surface area contributed by atoms with Crippen molar-refractivity contribution in [3.05, 3.63) is 48.0 Å². The van der Waals surface area contributed by atoms with E-state index in [0.717, 1.165) is 12.8 Å². The molecule has 1 aliphatic carbocycles. The lowest BCUT2D eigenvalue weighted by Gasteiger charge is -2.19. The van der Waals surface area contributed by atoms with Gasteiger partial charge in [-0.25, -0.2) is 9.78 Å². The maximum atomic E-state index is 13.3. The minimum absolute atomic E-state index is 0.0243. The Morgan fingerprint density at radius 2 is 1.77 bits per heavy atom. The number of aliphatic carboxylic acids is 1. The number of ether oxygens (including phenoxy) is 1. The van der Waals surface area contributed by atoms with Gasteiger partial charge in [0.05, 0.1) is 24.9 Å². The van der Waals surface area contributed by atoms with Gasteiger partial charge in [0, 0.05) is 17.2 Å². The van der Waals surface area contributed by atoms with E-state index in [1.165, 1.54) is 10.9 Å². The second-order valence-corrected chi connectivity index (χ2v) is 12.2. The molecule has 0 radical (unpaired) electrons. The first-order valence-corrected chi connectivity index (χ1v) is 14.4. The number of nitrogens with one attached hydrogen (secondary N) is 2. The fraction of sp³-hybridized carbons (Fsp3) is 0.484. The summed E-state index contributed by atoms with van der Waals surface area (Å²) in [5.74, 6) is -2.32. The van der Waals surface area contributed by atoms with E-state index in [0.29, 0.717) is 28.4 Å². The Labute approximate surface area is 250 Å². The van der Waals surface area contributed by atoms with Crippen LogP contribution in [-0.2, 0) is 20.9 Å². The zero-order valence-corrected chi connectivity index (χ0v) is 25.3. The highest BCUT2D eigenvalue weighted by atomic mass is 16.6. The average molecular weight is 594 g/mol. The Hall–Kier alpha value is -4.48. The maximum Gasteiger partial charge on any atom is 0.326 e. The van der Waals surface area contributed by atoms with Crippen LogP contribution in [0.5, 0.6) is 0 Å². The molecule has 230 valence electrons. The van der Waals surface area contributed by atoms with E-state index < -0.39 is 29.5 Å². The van der Waals surface area contributed by atoms with Crippen LogP contribution in [0.4, 0.5) is 0 Å². The molecule has 2 amide bonds. The van der Waals surface area contributed by atoms with Gasteiger partial charge in [0.15, 0.2) is 0 Å². The van der Waals surface area contributed by atoms with Crippen molar-refractivity contribution in [1.29, 1.82) is 0 Å². The van der Waals surface area contributed by atoms with E-state index in [4.69, 9.17) is 9.15 Å². The van der Waals surface area contributed by atoms with Crippen molar-refractivity contribution in [2.75, 3.05) is 0 Å². The number of rotatable bonds is 12. The zero-order chi connectivity index (χ0) is 31.5. The number of carbonyl (C=O) groups excluding carboxylic acids is 3. The lowest BCUT2D eigenvalue weighted by Crippen LogP contribution is -2.44. The van der Waals surface area contributed by atoms with Crippen molar-refractivity contribution in [2.24, 2.45) is 11.8 Å². The molecule has 1 fully saturated rings. The van der Waals surface area contributed by atoms with Gasteiger partial charge in [-0.2, -0.15) is 5.10 Å². The van der Waals surface area contributed by atoms with Crippen LogP contribution in [0.2, 0.25) is 0 Å². The average Bonchev–Trinajstić information content (AvgIpc) is 3.50. The molecule has 2 atom stereocenters. The minimum Gasteiger partial charge on any atom is -0.480 e. The quantitative estimate of drug-likeness (QED) is 0.260. The summed E-state index contributed by atoms with van der Waals surface area (Å²) in [5.41, 5.74) is 1.41. The first-order chi connectivity index (χ1) is 20.2. The number of carboxylic acid groups (broad SMARTS) is 1. The van der Waals surface area contributed by atoms with Gasteiger partial charge in [-0.15, -0.1) is 0 Å². The maximum absolute atomic E-state index is 13.3. The second kappa shape index (κ2) is 12.8. The summed E-state index contributed by atoms with van der Waals surface area (Å²) in [7, 11) is 0. The number of carbonyl (C=O) groups is 4. The third-order valence-electron chi connectivity index (χ3n) is 7.00. The molecule has 3 aromatic rings. The fourth-order valence-electron chi connectivity index (χ4n) is 4.55. The first-order valence-electron chi connectivity index (χ1n) is 14.4. The Morgan fingerprint density at radius 1 is 1.07 bits per heavy atom. The number of aromatic nitrogens is 3. The van der Waals surface area contributed by atoms with Gasteiger partial charge < -0.3 is 24.9 Å². The third-order valence-corrected chi connectivity index (χ3v) is 7.00. The van der Waals surface area contributed by atoms with Crippen molar-refractivity contribution >= 4 is 23.8 Å². The highest BCUT2D eigenvalue weighted by Gasteiger charge is 2.30. The minimum atomic E-state index is -1.14. The molecular formula is C31H39N5O7. The molecule has 0 saturated heterocycles. The van der Waals surface area contributed by atoms with Gasteiger partial charge in [0.1, 0.15) is 17.3 Å². The molecule has 1 saturated carbocycles. The molecule has 2 heterocycles. The summed E-state index contributed by atoms with van der Waals surface area (Å²) in [6.07, 6.45) is 3.45. The molecule has 3 N–H and O–H groups in total. The van der Waals surface area contributed by atoms with Crippen LogP contribution in [0, 0.1) is 11.8 Å². The highest BCUT2D eigenvalue weighted by molar-refractivity contribution is 5.95. The summed E-state index contributed by atoms with van der Waals surface area (Å²) >= 11 is 0.